The first-order valence-corrected chi connectivity index (χ1v) is 19.0. The molecule has 0 saturated carbocycles. The zero-order chi connectivity index (χ0) is 37.5. The molecule has 0 saturated heterocycles. The van der Waals surface area contributed by atoms with Gasteiger partial charge in [0, 0.05) is 66.3 Å². The number of rotatable bonds is 5. The fourth-order valence-corrected chi connectivity index (χ4v) is 8.46. The van der Waals surface area contributed by atoms with E-state index >= 15 is 0 Å². The van der Waals surface area contributed by atoms with E-state index in [9.17, 15) is 0 Å². The van der Waals surface area contributed by atoms with Gasteiger partial charge in [-0.3, -0.25) is 0 Å². The molecule has 0 amide bonds. The van der Waals surface area contributed by atoms with Crippen LogP contribution >= 0.6 is 0 Å². The molecule has 0 radical (unpaired) electrons. The predicted molar refractivity (Wildman–Crippen MR) is 230 cm³/mol. The summed E-state index contributed by atoms with van der Waals surface area (Å²) in [4.78, 5) is 15.0. The molecule has 6 nitrogen and oxygen atoms in total. The standard InChI is InChI=1S/C51H30N4O2/c1-3-13-31(14-4-1)49-52-50(32-15-5-2-6-16-32)54-51(53-49)41-21-12-24-44-47(41)40-27-25-33(29-45(40)56-44)35-19-11-20-39-38-28-26-34(30-46(38)57-48(35)39)55-42-22-9-7-17-36(42)37-18-8-10-23-43(37)55/h1-30H. The molecule has 0 fully saturated rings. The molecule has 0 aliphatic rings. The van der Waals surface area contributed by atoms with Crippen molar-refractivity contribution in [2.75, 3.05) is 0 Å². The van der Waals surface area contributed by atoms with Gasteiger partial charge in [0.1, 0.15) is 22.3 Å². The van der Waals surface area contributed by atoms with E-state index in [2.05, 4.69) is 114 Å². The Hall–Kier alpha value is -7.83. The fraction of sp³-hybridized carbons (Fsp3) is 0. The highest BCUT2D eigenvalue weighted by Crippen LogP contribution is 2.42. The van der Waals surface area contributed by atoms with Crippen molar-refractivity contribution in [3.05, 3.63) is 182 Å². The summed E-state index contributed by atoms with van der Waals surface area (Å²) < 4.78 is 15.7. The van der Waals surface area contributed by atoms with Crippen LogP contribution in [0.5, 0.6) is 0 Å². The van der Waals surface area contributed by atoms with E-state index in [1.807, 2.05) is 72.8 Å². The highest BCUT2D eigenvalue weighted by molar-refractivity contribution is 6.15. The third-order valence-corrected chi connectivity index (χ3v) is 11.1. The SMILES string of the molecule is c1ccc(-c2nc(-c3ccccc3)nc(-c3cccc4oc5cc(-c6cccc7c6oc6cc(-n8c9ccccc9c9ccccc98)ccc67)ccc5c34)n2)cc1. The first kappa shape index (κ1) is 31.5. The lowest BCUT2D eigenvalue weighted by Gasteiger charge is -2.09. The molecular weight excluding hydrogens is 701 g/mol. The van der Waals surface area contributed by atoms with Crippen molar-refractivity contribution in [3.63, 3.8) is 0 Å². The van der Waals surface area contributed by atoms with E-state index in [0.29, 0.717) is 17.5 Å². The van der Waals surface area contributed by atoms with Gasteiger partial charge in [0.15, 0.2) is 17.5 Å². The number of nitrogens with zero attached hydrogens (tertiary/aromatic N) is 4. The molecular formula is C51H30N4O2. The van der Waals surface area contributed by atoms with Crippen molar-refractivity contribution >= 4 is 65.7 Å². The topological polar surface area (TPSA) is 69.9 Å². The lowest BCUT2D eigenvalue weighted by atomic mass is 9.99. The number of aromatic nitrogens is 4. The van der Waals surface area contributed by atoms with Crippen molar-refractivity contribution in [1.82, 2.24) is 19.5 Å². The number of benzene rings is 8. The van der Waals surface area contributed by atoms with Crippen molar-refractivity contribution in [1.29, 1.82) is 0 Å². The maximum atomic E-state index is 6.78. The molecule has 0 aliphatic heterocycles. The maximum absolute atomic E-state index is 6.78. The second-order valence-electron chi connectivity index (χ2n) is 14.4. The minimum Gasteiger partial charge on any atom is -0.456 e. The first-order chi connectivity index (χ1) is 28.2. The van der Waals surface area contributed by atoms with Gasteiger partial charge >= 0.3 is 0 Å². The van der Waals surface area contributed by atoms with Crippen molar-refractivity contribution < 1.29 is 8.83 Å². The van der Waals surface area contributed by atoms with Gasteiger partial charge in [-0.15, -0.1) is 0 Å². The summed E-state index contributed by atoms with van der Waals surface area (Å²) in [6.07, 6.45) is 0. The van der Waals surface area contributed by atoms with Crippen LogP contribution in [0.25, 0.3) is 117 Å². The quantitative estimate of drug-likeness (QED) is 0.176. The Bertz CT molecular complexity index is 3410. The van der Waals surface area contributed by atoms with Crippen LogP contribution in [0, 0.1) is 0 Å². The third-order valence-electron chi connectivity index (χ3n) is 11.1. The van der Waals surface area contributed by atoms with E-state index < -0.39 is 0 Å². The Morgan fingerprint density at radius 3 is 1.65 bits per heavy atom. The summed E-state index contributed by atoms with van der Waals surface area (Å²) in [6.45, 7) is 0. The number of furan rings is 2. The van der Waals surface area contributed by atoms with E-state index in [-0.39, 0.29) is 0 Å². The predicted octanol–water partition coefficient (Wildman–Crippen LogP) is 13.4. The average Bonchev–Trinajstić information content (AvgIpc) is 3.96. The Kier molecular flexibility index (Phi) is 6.83. The molecule has 6 heteroatoms. The van der Waals surface area contributed by atoms with Crippen LogP contribution in [0.3, 0.4) is 0 Å². The Balaban J connectivity index is 0.992. The van der Waals surface area contributed by atoms with Gasteiger partial charge in [-0.2, -0.15) is 0 Å². The van der Waals surface area contributed by atoms with E-state index in [0.717, 1.165) is 77.4 Å². The number of para-hydroxylation sites is 3. The molecule has 0 N–H and O–H groups in total. The van der Waals surface area contributed by atoms with Gasteiger partial charge < -0.3 is 13.4 Å². The monoisotopic (exact) mass is 730 g/mol. The summed E-state index contributed by atoms with van der Waals surface area (Å²) in [6, 6.07) is 62.6. The lowest BCUT2D eigenvalue weighted by molar-refractivity contribution is 0.668. The summed E-state index contributed by atoms with van der Waals surface area (Å²) >= 11 is 0. The molecule has 0 unspecified atom stereocenters. The van der Waals surface area contributed by atoms with Crippen LogP contribution in [-0.2, 0) is 0 Å². The molecule has 4 aromatic heterocycles. The zero-order valence-corrected chi connectivity index (χ0v) is 30.4. The highest BCUT2D eigenvalue weighted by atomic mass is 16.3. The van der Waals surface area contributed by atoms with Crippen molar-refractivity contribution in [3.8, 4) is 51.0 Å². The number of hydrogen-bond donors (Lipinski definition) is 0. The number of fused-ring (bicyclic) bond motifs is 9. The van der Waals surface area contributed by atoms with Crippen LogP contribution in [-0.4, -0.2) is 19.5 Å². The molecule has 0 bridgehead atoms. The van der Waals surface area contributed by atoms with Gasteiger partial charge in [-0.1, -0.05) is 133 Å². The molecule has 4 heterocycles. The lowest BCUT2D eigenvalue weighted by Crippen LogP contribution is -2.00. The zero-order valence-electron chi connectivity index (χ0n) is 30.4. The molecule has 57 heavy (non-hydrogen) atoms. The fourth-order valence-electron chi connectivity index (χ4n) is 8.46. The molecule has 12 rings (SSSR count). The van der Waals surface area contributed by atoms with E-state index in [1.165, 1.54) is 21.8 Å². The average molecular weight is 731 g/mol. The highest BCUT2D eigenvalue weighted by Gasteiger charge is 2.20. The van der Waals surface area contributed by atoms with Gasteiger partial charge in [-0.05, 0) is 48.0 Å². The summed E-state index contributed by atoms with van der Waals surface area (Å²) in [7, 11) is 0. The molecule has 0 atom stereocenters. The minimum absolute atomic E-state index is 0.590. The summed E-state index contributed by atoms with van der Waals surface area (Å²) in [5.41, 5.74) is 11.4. The molecule has 0 aliphatic carbocycles. The first-order valence-electron chi connectivity index (χ1n) is 19.0. The van der Waals surface area contributed by atoms with Gasteiger partial charge in [0.05, 0.1) is 11.0 Å². The Labute approximate surface area is 325 Å². The largest absolute Gasteiger partial charge is 0.456 e. The second-order valence-corrected chi connectivity index (χ2v) is 14.4. The number of hydrogen-bond acceptors (Lipinski definition) is 5. The van der Waals surface area contributed by atoms with Crippen LogP contribution in [0.4, 0.5) is 0 Å². The van der Waals surface area contributed by atoms with Crippen molar-refractivity contribution in [2.24, 2.45) is 0 Å². The minimum atomic E-state index is 0.590. The van der Waals surface area contributed by atoms with Crippen LogP contribution in [0.15, 0.2) is 191 Å². The summed E-state index contributed by atoms with van der Waals surface area (Å²) in [5.74, 6) is 1.83. The van der Waals surface area contributed by atoms with Gasteiger partial charge in [0.25, 0.3) is 0 Å². The van der Waals surface area contributed by atoms with E-state index in [1.54, 1.807) is 0 Å². The maximum Gasteiger partial charge on any atom is 0.164 e. The van der Waals surface area contributed by atoms with E-state index in [4.69, 9.17) is 23.8 Å². The van der Waals surface area contributed by atoms with Gasteiger partial charge in [0.2, 0.25) is 0 Å². The second kappa shape index (κ2) is 12.3. The molecule has 8 aromatic carbocycles. The Morgan fingerprint density at radius 2 is 0.930 bits per heavy atom. The normalized spacial score (nSPS) is 11.9. The molecule has 12 aromatic rings. The Morgan fingerprint density at radius 1 is 0.351 bits per heavy atom. The third kappa shape index (κ3) is 4.94. The van der Waals surface area contributed by atoms with Gasteiger partial charge in [-0.25, -0.2) is 15.0 Å². The summed E-state index contributed by atoms with van der Waals surface area (Å²) in [5, 5.41) is 6.56. The molecule has 0 spiro atoms. The smallest absolute Gasteiger partial charge is 0.164 e. The molecule has 266 valence electrons. The van der Waals surface area contributed by atoms with Crippen molar-refractivity contribution in [2.45, 2.75) is 0 Å². The van der Waals surface area contributed by atoms with Crippen LogP contribution < -0.4 is 0 Å². The van der Waals surface area contributed by atoms with Crippen LogP contribution in [0.2, 0.25) is 0 Å². The van der Waals surface area contributed by atoms with Crippen LogP contribution in [0.1, 0.15) is 0 Å².